The molecule has 0 radical (unpaired) electrons. The lowest BCUT2D eigenvalue weighted by Gasteiger charge is -2.36. The molecule has 1 aliphatic rings. The zero-order chi connectivity index (χ0) is 27.8. The molecule has 1 saturated heterocycles. The first-order valence-electron chi connectivity index (χ1n) is 12.8. The second kappa shape index (κ2) is 13.1. The van der Waals surface area contributed by atoms with E-state index >= 15 is 0 Å². The van der Waals surface area contributed by atoms with Gasteiger partial charge in [-0.2, -0.15) is 0 Å². The highest BCUT2D eigenvalue weighted by molar-refractivity contribution is 6.01. The van der Waals surface area contributed by atoms with Crippen molar-refractivity contribution in [2.75, 3.05) is 59.0 Å². The maximum Gasteiger partial charge on any atom is 0.339 e. The summed E-state index contributed by atoms with van der Waals surface area (Å²) in [5.41, 5.74) is 1.60. The van der Waals surface area contributed by atoms with Crippen LogP contribution in [0.2, 0.25) is 0 Å². The Bertz CT molecular complexity index is 1240. The molecule has 1 heterocycles. The van der Waals surface area contributed by atoms with Gasteiger partial charge in [-0.15, -0.1) is 0 Å². The van der Waals surface area contributed by atoms with Gasteiger partial charge in [0.25, 0.3) is 0 Å². The van der Waals surface area contributed by atoms with E-state index in [9.17, 15) is 14.0 Å². The first kappa shape index (κ1) is 27.9. The van der Waals surface area contributed by atoms with Crippen LogP contribution in [0.1, 0.15) is 27.1 Å². The normalized spacial score (nSPS) is 14.4. The van der Waals surface area contributed by atoms with E-state index in [2.05, 4.69) is 21.9 Å². The quantitative estimate of drug-likeness (QED) is 0.262. The Morgan fingerprint density at radius 1 is 0.821 bits per heavy atom. The van der Waals surface area contributed by atoms with Crippen molar-refractivity contribution in [2.24, 2.45) is 0 Å². The predicted molar refractivity (Wildman–Crippen MR) is 146 cm³/mol. The molecule has 0 spiro atoms. The summed E-state index contributed by atoms with van der Waals surface area (Å²) >= 11 is 0. The van der Waals surface area contributed by atoms with Crippen LogP contribution in [0, 0.1) is 5.82 Å². The molecule has 9 heteroatoms. The number of carbonyl (C=O) groups excluding carboxylic acids is 2. The number of ether oxygens (including phenoxy) is 4. The van der Waals surface area contributed by atoms with Crippen LogP contribution in [0.25, 0.3) is 0 Å². The van der Waals surface area contributed by atoms with Gasteiger partial charge in [-0.3, -0.25) is 9.69 Å². The van der Waals surface area contributed by atoms with Crippen molar-refractivity contribution < 1.29 is 32.9 Å². The van der Waals surface area contributed by atoms with Gasteiger partial charge in [0.05, 0.1) is 26.9 Å². The molecular weight excluding hydrogens is 503 g/mol. The second-order valence-corrected chi connectivity index (χ2v) is 9.13. The van der Waals surface area contributed by atoms with Gasteiger partial charge < -0.3 is 23.8 Å². The van der Waals surface area contributed by atoms with E-state index < -0.39 is 23.7 Å². The average Bonchev–Trinajstić information content (AvgIpc) is 2.99. The fourth-order valence-electron chi connectivity index (χ4n) is 4.61. The average molecular weight is 537 g/mol. The lowest BCUT2D eigenvalue weighted by Crippen LogP contribution is -2.47. The number of carbonyl (C=O) groups is 2. The highest BCUT2D eigenvalue weighted by Crippen LogP contribution is 2.38. The number of hydrogen-bond acceptors (Lipinski definition) is 8. The number of nitrogens with zero attached hydrogens (tertiary/aromatic N) is 2. The molecule has 0 aromatic heterocycles. The van der Waals surface area contributed by atoms with E-state index in [1.165, 1.54) is 63.4 Å². The van der Waals surface area contributed by atoms with Gasteiger partial charge in [0.15, 0.2) is 17.6 Å². The number of hydrogen-bond donors (Lipinski definition) is 0. The summed E-state index contributed by atoms with van der Waals surface area (Å²) in [6, 6.07) is 18.4. The predicted octanol–water partition coefficient (Wildman–Crippen LogP) is 4.47. The zero-order valence-electron chi connectivity index (χ0n) is 22.4. The van der Waals surface area contributed by atoms with E-state index in [0.29, 0.717) is 23.8 Å². The van der Waals surface area contributed by atoms with Gasteiger partial charge >= 0.3 is 5.97 Å². The summed E-state index contributed by atoms with van der Waals surface area (Å²) in [6.07, 6.45) is -0.772. The molecule has 8 nitrogen and oxygen atoms in total. The number of rotatable bonds is 11. The van der Waals surface area contributed by atoms with Crippen molar-refractivity contribution >= 4 is 17.4 Å². The Hall–Kier alpha value is -4.11. The molecule has 3 aromatic carbocycles. The summed E-state index contributed by atoms with van der Waals surface area (Å²) < 4.78 is 35.3. The number of esters is 1. The van der Waals surface area contributed by atoms with Gasteiger partial charge in [-0.05, 0) is 48.5 Å². The molecule has 0 aliphatic carbocycles. The van der Waals surface area contributed by atoms with Gasteiger partial charge in [-0.1, -0.05) is 18.2 Å². The Labute approximate surface area is 227 Å². The summed E-state index contributed by atoms with van der Waals surface area (Å²) in [7, 11) is 4.37. The van der Waals surface area contributed by atoms with E-state index in [1.54, 1.807) is 0 Å². The molecule has 39 heavy (non-hydrogen) atoms. The van der Waals surface area contributed by atoms with Crippen LogP contribution in [0.3, 0.4) is 0 Å². The van der Waals surface area contributed by atoms with Crippen LogP contribution in [0.4, 0.5) is 10.1 Å². The topological polar surface area (TPSA) is 77.5 Å². The molecule has 0 amide bonds. The highest BCUT2D eigenvalue weighted by atomic mass is 19.1. The lowest BCUT2D eigenvalue weighted by molar-refractivity contribution is 0.0245. The molecule has 1 fully saturated rings. The van der Waals surface area contributed by atoms with Crippen molar-refractivity contribution in [3.05, 3.63) is 83.7 Å². The van der Waals surface area contributed by atoms with E-state index in [4.69, 9.17) is 18.9 Å². The summed E-state index contributed by atoms with van der Waals surface area (Å²) in [4.78, 5) is 31.2. The standard InChI is InChI=1S/C30H33FN2O6/c1-36-26-19-22(20-27(37-2)29(26)38-3)30(35)39-25(28(34)21-9-11-23(31)12-10-21)13-14-32-15-17-33(18-16-32)24-7-5-4-6-8-24/h4-12,19-20,25H,13-18H2,1-3H3. The summed E-state index contributed by atoms with van der Waals surface area (Å²) in [5, 5.41) is 0. The largest absolute Gasteiger partial charge is 0.493 e. The third-order valence-corrected chi connectivity index (χ3v) is 6.77. The van der Waals surface area contributed by atoms with Crippen molar-refractivity contribution in [1.29, 1.82) is 0 Å². The van der Waals surface area contributed by atoms with Crippen molar-refractivity contribution in [1.82, 2.24) is 4.90 Å². The molecule has 1 unspecified atom stereocenters. The molecule has 206 valence electrons. The molecule has 1 aliphatic heterocycles. The smallest absolute Gasteiger partial charge is 0.339 e. The minimum Gasteiger partial charge on any atom is -0.493 e. The van der Waals surface area contributed by atoms with Crippen LogP contribution >= 0.6 is 0 Å². The lowest BCUT2D eigenvalue weighted by atomic mass is 10.0. The highest BCUT2D eigenvalue weighted by Gasteiger charge is 2.28. The maximum atomic E-state index is 13.5. The van der Waals surface area contributed by atoms with Crippen LogP contribution in [0.15, 0.2) is 66.7 Å². The minimum absolute atomic E-state index is 0.151. The monoisotopic (exact) mass is 536 g/mol. The molecule has 0 N–H and O–H groups in total. The fourth-order valence-corrected chi connectivity index (χ4v) is 4.61. The third-order valence-electron chi connectivity index (χ3n) is 6.77. The van der Waals surface area contributed by atoms with Crippen LogP contribution in [-0.4, -0.2) is 76.8 Å². The summed E-state index contributed by atoms with van der Waals surface area (Å²) in [6.45, 7) is 3.89. The first-order chi connectivity index (χ1) is 18.9. The van der Waals surface area contributed by atoms with Gasteiger partial charge in [0.1, 0.15) is 5.82 Å². The van der Waals surface area contributed by atoms with Gasteiger partial charge in [0, 0.05) is 50.4 Å². The van der Waals surface area contributed by atoms with E-state index in [0.717, 1.165) is 26.2 Å². The van der Waals surface area contributed by atoms with E-state index in [-0.39, 0.29) is 17.5 Å². The van der Waals surface area contributed by atoms with Gasteiger partial charge in [-0.25, -0.2) is 9.18 Å². The van der Waals surface area contributed by atoms with Crippen molar-refractivity contribution in [3.63, 3.8) is 0 Å². The van der Waals surface area contributed by atoms with Crippen molar-refractivity contribution in [2.45, 2.75) is 12.5 Å². The SMILES string of the molecule is COc1cc(C(=O)OC(CCN2CCN(c3ccccc3)CC2)C(=O)c2ccc(F)cc2)cc(OC)c1OC. The van der Waals surface area contributed by atoms with Crippen LogP contribution < -0.4 is 19.1 Å². The number of Topliss-reactive ketones (excluding diaryl/α,β-unsaturated/α-hetero) is 1. The number of methoxy groups -OCH3 is 3. The molecule has 4 rings (SSSR count). The molecular formula is C30H33FN2O6. The van der Waals surface area contributed by atoms with Crippen LogP contribution in [0.5, 0.6) is 17.2 Å². The molecule has 0 bridgehead atoms. The molecule has 1 atom stereocenters. The van der Waals surface area contributed by atoms with E-state index in [1.807, 2.05) is 18.2 Å². The van der Waals surface area contributed by atoms with Crippen LogP contribution in [-0.2, 0) is 4.74 Å². The Kier molecular flexibility index (Phi) is 9.38. The van der Waals surface area contributed by atoms with Gasteiger partial charge in [0.2, 0.25) is 11.5 Å². The fraction of sp³-hybridized carbons (Fsp3) is 0.333. The Morgan fingerprint density at radius 2 is 1.44 bits per heavy atom. The summed E-state index contributed by atoms with van der Waals surface area (Å²) in [5.74, 6) is -0.621. The molecule has 0 saturated carbocycles. The zero-order valence-corrected chi connectivity index (χ0v) is 22.4. The number of halogens is 1. The number of para-hydroxylation sites is 1. The Morgan fingerprint density at radius 3 is 2.00 bits per heavy atom. The number of ketones is 1. The second-order valence-electron chi connectivity index (χ2n) is 9.13. The number of anilines is 1. The number of benzene rings is 3. The first-order valence-corrected chi connectivity index (χ1v) is 12.8. The minimum atomic E-state index is -1.06. The van der Waals surface area contributed by atoms with Crippen molar-refractivity contribution in [3.8, 4) is 17.2 Å². The molecule has 3 aromatic rings. The maximum absolute atomic E-state index is 13.5. The third kappa shape index (κ3) is 6.86. The number of piperazine rings is 1. The Balaban J connectivity index is 1.48.